The number of amides is 1. The number of furan rings is 1. The van der Waals surface area contributed by atoms with Gasteiger partial charge in [0.1, 0.15) is 11.5 Å². The van der Waals surface area contributed by atoms with Crippen molar-refractivity contribution in [2.45, 2.75) is 13.8 Å². The second-order valence-corrected chi connectivity index (χ2v) is 5.01. The molecule has 0 spiro atoms. The maximum Gasteiger partial charge on any atom is 0.274 e. The molecular formula is C16H19N3O2. The van der Waals surface area contributed by atoms with Gasteiger partial charge in [-0.2, -0.15) is 5.10 Å². The monoisotopic (exact) mass is 285 g/mol. The highest BCUT2D eigenvalue weighted by molar-refractivity contribution is 5.95. The molecular weight excluding hydrogens is 266 g/mol. The summed E-state index contributed by atoms with van der Waals surface area (Å²) in [6, 6.07) is 9.57. The molecule has 0 saturated heterocycles. The average molecular weight is 285 g/mol. The van der Waals surface area contributed by atoms with Gasteiger partial charge >= 0.3 is 0 Å². The fourth-order valence-electron chi connectivity index (χ4n) is 1.94. The lowest BCUT2D eigenvalue weighted by Crippen LogP contribution is -2.17. The number of hydrazone groups is 1. The molecule has 0 radical (unpaired) electrons. The Bertz CT molecular complexity index is 655. The van der Waals surface area contributed by atoms with Gasteiger partial charge in [-0.15, -0.1) is 0 Å². The van der Waals surface area contributed by atoms with E-state index in [0.717, 1.165) is 11.3 Å². The van der Waals surface area contributed by atoms with Gasteiger partial charge in [0.2, 0.25) is 0 Å². The van der Waals surface area contributed by atoms with Crippen LogP contribution in [0.15, 0.2) is 39.9 Å². The number of hydrogen-bond donors (Lipinski definition) is 1. The van der Waals surface area contributed by atoms with Gasteiger partial charge in [0.15, 0.2) is 0 Å². The van der Waals surface area contributed by atoms with E-state index in [4.69, 9.17) is 4.42 Å². The number of nitrogens with zero attached hydrogens (tertiary/aromatic N) is 2. The quantitative estimate of drug-likeness (QED) is 0.694. The summed E-state index contributed by atoms with van der Waals surface area (Å²) in [5.41, 5.74) is 5.04. The largest absolute Gasteiger partial charge is 0.466 e. The Morgan fingerprint density at radius 2 is 1.90 bits per heavy atom. The van der Waals surface area contributed by atoms with E-state index in [-0.39, 0.29) is 5.91 Å². The number of carbonyl (C=O) groups is 1. The Labute approximate surface area is 124 Å². The van der Waals surface area contributed by atoms with E-state index in [2.05, 4.69) is 10.5 Å². The summed E-state index contributed by atoms with van der Waals surface area (Å²) in [5.74, 6) is 1.03. The van der Waals surface area contributed by atoms with Gasteiger partial charge in [-0.3, -0.25) is 4.79 Å². The molecule has 0 atom stereocenters. The van der Waals surface area contributed by atoms with E-state index in [9.17, 15) is 4.79 Å². The van der Waals surface area contributed by atoms with Gasteiger partial charge in [0, 0.05) is 19.8 Å². The van der Waals surface area contributed by atoms with Crippen LogP contribution in [0.5, 0.6) is 0 Å². The van der Waals surface area contributed by atoms with Crippen LogP contribution in [0.3, 0.4) is 0 Å². The van der Waals surface area contributed by atoms with Gasteiger partial charge in [-0.25, -0.2) is 5.43 Å². The van der Waals surface area contributed by atoms with Gasteiger partial charge in [0.05, 0.1) is 11.8 Å². The molecule has 21 heavy (non-hydrogen) atoms. The van der Waals surface area contributed by atoms with Gasteiger partial charge < -0.3 is 9.32 Å². The third kappa shape index (κ3) is 3.72. The molecule has 1 heterocycles. The van der Waals surface area contributed by atoms with Crippen LogP contribution in [0.25, 0.3) is 0 Å². The first-order chi connectivity index (χ1) is 9.97. The molecule has 0 saturated carbocycles. The number of anilines is 1. The SMILES string of the molecule is Cc1cc(C(=O)NN=Cc2ccc(N(C)C)cc2)c(C)o1. The average Bonchev–Trinajstić information content (AvgIpc) is 2.78. The number of benzene rings is 1. The minimum atomic E-state index is -0.273. The molecule has 2 rings (SSSR count). The van der Waals surface area contributed by atoms with Crippen molar-refractivity contribution in [3.63, 3.8) is 0 Å². The fourth-order valence-corrected chi connectivity index (χ4v) is 1.94. The number of hydrogen-bond acceptors (Lipinski definition) is 4. The van der Waals surface area contributed by atoms with Crippen LogP contribution in [0, 0.1) is 13.8 Å². The first kappa shape index (κ1) is 14.8. The zero-order chi connectivity index (χ0) is 15.4. The van der Waals surface area contributed by atoms with Crippen molar-refractivity contribution in [1.82, 2.24) is 5.43 Å². The van der Waals surface area contributed by atoms with Gasteiger partial charge in [0.25, 0.3) is 5.91 Å². The molecule has 1 aromatic carbocycles. The zero-order valence-electron chi connectivity index (χ0n) is 12.7. The van der Waals surface area contributed by atoms with Crippen molar-refractivity contribution in [1.29, 1.82) is 0 Å². The normalized spacial score (nSPS) is 10.9. The van der Waals surface area contributed by atoms with Crippen molar-refractivity contribution in [2.75, 3.05) is 19.0 Å². The maximum atomic E-state index is 11.9. The number of aryl methyl sites for hydroxylation is 2. The first-order valence-corrected chi connectivity index (χ1v) is 6.65. The predicted molar refractivity (Wildman–Crippen MR) is 84.0 cm³/mol. The summed E-state index contributed by atoms with van der Waals surface area (Å²) in [4.78, 5) is 13.9. The lowest BCUT2D eigenvalue weighted by atomic mass is 10.2. The molecule has 1 amide bonds. The Balaban J connectivity index is 1.99. The summed E-state index contributed by atoms with van der Waals surface area (Å²) in [6.45, 7) is 3.56. The van der Waals surface area contributed by atoms with Gasteiger partial charge in [-0.05, 0) is 37.6 Å². The summed E-state index contributed by atoms with van der Waals surface area (Å²) in [6.07, 6.45) is 1.61. The van der Waals surface area contributed by atoms with E-state index < -0.39 is 0 Å². The van der Waals surface area contributed by atoms with Crippen molar-refractivity contribution in [3.8, 4) is 0 Å². The molecule has 110 valence electrons. The molecule has 0 bridgehead atoms. The maximum absolute atomic E-state index is 11.9. The van der Waals surface area contributed by atoms with Crippen molar-refractivity contribution in [3.05, 3.63) is 53.0 Å². The van der Waals surface area contributed by atoms with Crippen molar-refractivity contribution < 1.29 is 9.21 Å². The smallest absolute Gasteiger partial charge is 0.274 e. The molecule has 0 fully saturated rings. The molecule has 5 heteroatoms. The highest BCUT2D eigenvalue weighted by Crippen LogP contribution is 2.13. The number of nitrogens with one attached hydrogen (secondary N) is 1. The fraction of sp³-hybridized carbons (Fsp3) is 0.250. The molecule has 1 N–H and O–H groups in total. The minimum absolute atomic E-state index is 0.273. The van der Waals surface area contributed by atoms with Crippen LogP contribution in [0.4, 0.5) is 5.69 Å². The summed E-state index contributed by atoms with van der Waals surface area (Å²) >= 11 is 0. The van der Waals surface area contributed by atoms with E-state index >= 15 is 0 Å². The van der Waals surface area contributed by atoms with Crippen LogP contribution in [0.1, 0.15) is 27.4 Å². The first-order valence-electron chi connectivity index (χ1n) is 6.65. The summed E-state index contributed by atoms with van der Waals surface area (Å²) in [5, 5.41) is 3.96. The van der Waals surface area contributed by atoms with E-state index in [1.54, 1.807) is 26.1 Å². The molecule has 0 aliphatic heterocycles. The van der Waals surface area contributed by atoms with E-state index in [0.29, 0.717) is 17.1 Å². The zero-order valence-corrected chi connectivity index (χ0v) is 12.7. The number of rotatable bonds is 4. The van der Waals surface area contributed by atoms with Crippen LogP contribution < -0.4 is 10.3 Å². The van der Waals surface area contributed by atoms with Crippen molar-refractivity contribution >= 4 is 17.8 Å². The molecule has 2 aromatic rings. The molecule has 0 aliphatic rings. The standard InChI is InChI=1S/C16H19N3O2/c1-11-9-15(12(2)21-11)16(20)18-17-10-13-5-7-14(8-6-13)19(3)4/h5-10H,1-4H3,(H,18,20). The molecule has 1 aromatic heterocycles. The van der Waals surface area contributed by atoms with Crippen LogP contribution in [0.2, 0.25) is 0 Å². The minimum Gasteiger partial charge on any atom is -0.466 e. The molecule has 5 nitrogen and oxygen atoms in total. The van der Waals surface area contributed by atoms with Crippen molar-refractivity contribution in [2.24, 2.45) is 5.10 Å². The molecule has 0 aliphatic carbocycles. The van der Waals surface area contributed by atoms with Crippen LogP contribution in [-0.2, 0) is 0 Å². The Hall–Kier alpha value is -2.56. The third-order valence-corrected chi connectivity index (χ3v) is 3.07. The topological polar surface area (TPSA) is 57.8 Å². The Morgan fingerprint density at radius 1 is 1.24 bits per heavy atom. The second kappa shape index (κ2) is 6.26. The van der Waals surface area contributed by atoms with Gasteiger partial charge in [-0.1, -0.05) is 12.1 Å². The van der Waals surface area contributed by atoms with E-state index in [1.807, 2.05) is 43.3 Å². The lowest BCUT2D eigenvalue weighted by molar-refractivity contribution is 0.0953. The Morgan fingerprint density at radius 3 is 2.43 bits per heavy atom. The predicted octanol–water partition coefficient (Wildman–Crippen LogP) is 2.73. The van der Waals surface area contributed by atoms with Crippen LogP contribution in [-0.4, -0.2) is 26.2 Å². The third-order valence-electron chi connectivity index (χ3n) is 3.07. The summed E-state index contributed by atoms with van der Waals surface area (Å²) in [7, 11) is 3.97. The lowest BCUT2D eigenvalue weighted by Gasteiger charge is -2.11. The highest BCUT2D eigenvalue weighted by Gasteiger charge is 2.12. The molecule has 0 unspecified atom stereocenters. The Kier molecular flexibility index (Phi) is 4.42. The van der Waals surface area contributed by atoms with E-state index in [1.165, 1.54) is 0 Å². The summed E-state index contributed by atoms with van der Waals surface area (Å²) < 4.78 is 5.32. The number of carbonyl (C=O) groups excluding carboxylic acids is 1. The second-order valence-electron chi connectivity index (χ2n) is 5.01. The van der Waals surface area contributed by atoms with Crippen LogP contribution >= 0.6 is 0 Å². The highest BCUT2D eigenvalue weighted by atomic mass is 16.3.